The molecule has 1 aromatic carbocycles. The lowest BCUT2D eigenvalue weighted by atomic mass is 10.2. The Hall–Kier alpha value is -1.94. The van der Waals surface area contributed by atoms with Crippen molar-refractivity contribution in [2.75, 3.05) is 39.8 Å². The van der Waals surface area contributed by atoms with Crippen LogP contribution in [0.5, 0.6) is 0 Å². The van der Waals surface area contributed by atoms with Gasteiger partial charge in [-0.25, -0.2) is 8.42 Å². The molecule has 1 aliphatic rings. The van der Waals surface area contributed by atoms with Gasteiger partial charge in [-0.2, -0.15) is 4.72 Å². The lowest BCUT2D eigenvalue weighted by Gasteiger charge is -2.34. The van der Waals surface area contributed by atoms with E-state index in [0.717, 1.165) is 18.6 Å². The van der Waals surface area contributed by atoms with E-state index in [1.807, 2.05) is 24.7 Å². The Labute approximate surface area is 153 Å². The van der Waals surface area contributed by atoms with E-state index < -0.39 is 16.1 Å². The topological polar surface area (TPSA) is 101 Å². The minimum absolute atomic E-state index is 0.0881. The van der Waals surface area contributed by atoms with Crippen molar-refractivity contribution in [3.8, 4) is 0 Å². The smallest absolute Gasteiger partial charge is 0.242 e. The molecule has 142 valence electrons. The van der Waals surface area contributed by atoms with Gasteiger partial charge in [-0.3, -0.25) is 4.79 Å². The van der Waals surface area contributed by atoms with Gasteiger partial charge in [0.05, 0.1) is 4.90 Å². The molecule has 1 fully saturated rings. The molecule has 0 radical (unpaired) electrons. The van der Waals surface area contributed by atoms with Crippen molar-refractivity contribution in [1.82, 2.24) is 19.1 Å². The Morgan fingerprint density at radius 3 is 2.54 bits per heavy atom. The molecule has 0 saturated carbocycles. The third-order valence-corrected chi connectivity index (χ3v) is 6.35. The van der Waals surface area contributed by atoms with Crippen molar-refractivity contribution in [3.05, 3.63) is 30.5 Å². The molecule has 1 amide bonds. The van der Waals surface area contributed by atoms with Gasteiger partial charge in [0.2, 0.25) is 15.9 Å². The number of likely N-dealkylation sites (N-methyl/N-ethyl adjacent to an activating group) is 1. The number of piperazine rings is 1. The van der Waals surface area contributed by atoms with Gasteiger partial charge in [0.1, 0.15) is 6.04 Å². The molecule has 0 bridgehead atoms. The number of amides is 1. The number of carbonyl (C=O) groups is 1. The second kappa shape index (κ2) is 7.36. The summed E-state index contributed by atoms with van der Waals surface area (Å²) in [4.78, 5) is 16.7. The van der Waals surface area contributed by atoms with Crippen molar-refractivity contribution in [3.63, 3.8) is 0 Å². The standard InChI is InChI=1S/C17H25N5O3S/c1-20-8-10-22(11-9-20)17(23)14(12-18)19-26(24,25)16-5-3-4-15-13(16)6-7-21(15)2/h3-7,14,19H,8-12,18H2,1-2H3/t14-/m0/s1. The summed E-state index contributed by atoms with van der Waals surface area (Å²) in [6, 6.07) is 5.87. The maximum Gasteiger partial charge on any atom is 0.242 e. The molecule has 0 aliphatic carbocycles. The van der Waals surface area contributed by atoms with Crippen molar-refractivity contribution < 1.29 is 13.2 Å². The van der Waals surface area contributed by atoms with Crippen LogP contribution in [0.2, 0.25) is 0 Å². The third-order valence-electron chi connectivity index (χ3n) is 4.82. The summed E-state index contributed by atoms with van der Waals surface area (Å²) < 4.78 is 30.2. The minimum atomic E-state index is -3.88. The summed E-state index contributed by atoms with van der Waals surface area (Å²) in [6.07, 6.45) is 1.81. The molecular formula is C17H25N5O3S. The Morgan fingerprint density at radius 2 is 1.88 bits per heavy atom. The number of carbonyl (C=O) groups excluding carboxylic acids is 1. The number of nitrogens with zero attached hydrogens (tertiary/aromatic N) is 3. The molecule has 1 aliphatic heterocycles. The van der Waals surface area contributed by atoms with Crippen molar-refractivity contribution in [2.45, 2.75) is 10.9 Å². The monoisotopic (exact) mass is 379 g/mol. The number of hydrogen-bond acceptors (Lipinski definition) is 5. The van der Waals surface area contributed by atoms with Gasteiger partial charge >= 0.3 is 0 Å². The maximum absolute atomic E-state index is 12.9. The van der Waals surface area contributed by atoms with Gasteiger partial charge in [0, 0.05) is 56.9 Å². The fourth-order valence-electron chi connectivity index (χ4n) is 3.21. The fraction of sp³-hybridized carbons (Fsp3) is 0.471. The predicted octanol–water partition coefficient (Wildman–Crippen LogP) is -0.442. The Kier molecular flexibility index (Phi) is 5.33. The van der Waals surface area contributed by atoms with Crippen LogP contribution in [-0.2, 0) is 21.9 Å². The lowest BCUT2D eigenvalue weighted by molar-refractivity contribution is -0.134. The van der Waals surface area contributed by atoms with E-state index in [2.05, 4.69) is 9.62 Å². The minimum Gasteiger partial charge on any atom is -0.351 e. The van der Waals surface area contributed by atoms with E-state index in [9.17, 15) is 13.2 Å². The zero-order chi connectivity index (χ0) is 18.9. The molecule has 9 heteroatoms. The number of aromatic nitrogens is 1. The SMILES string of the molecule is CN1CCN(C(=O)[C@H](CN)NS(=O)(=O)c2cccc3c2ccn3C)CC1. The highest BCUT2D eigenvalue weighted by Gasteiger charge is 2.30. The van der Waals surface area contributed by atoms with Crippen LogP contribution in [0.15, 0.2) is 35.4 Å². The Morgan fingerprint density at radius 1 is 1.19 bits per heavy atom. The van der Waals surface area contributed by atoms with Gasteiger partial charge in [-0.15, -0.1) is 0 Å². The van der Waals surface area contributed by atoms with Gasteiger partial charge in [0.25, 0.3) is 0 Å². The predicted molar refractivity (Wildman–Crippen MR) is 100 cm³/mol. The normalized spacial score (nSPS) is 17.6. The first-order valence-corrected chi connectivity index (χ1v) is 10.1. The zero-order valence-electron chi connectivity index (χ0n) is 15.1. The van der Waals surface area contributed by atoms with Gasteiger partial charge in [-0.1, -0.05) is 6.07 Å². The van der Waals surface area contributed by atoms with Crippen LogP contribution in [-0.4, -0.2) is 74.5 Å². The summed E-state index contributed by atoms with van der Waals surface area (Å²) in [7, 11) is -0.0361. The third kappa shape index (κ3) is 3.61. The molecule has 8 nitrogen and oxygen atoms in total. The molecule has 0 spiro atoms. The highest BCUT2D eigenvalue weighted by Crippen LogP contribution is 2.23. The summed E-state index contributed by atoms with van der Waals surface area (Å²) in [5.41, 5.74) is 6.53. The first kappa shape index (κ1) is 18.8. The van der Waals surface area contributed by atoms with Crippen LogP contribution in [0.3, 0.4) is 0 Å². The Balaban J connectivity index is 1.83. The molecule has 26 heavy (non-hydrogen) atoms. The number of sulfonamides is 1. The van der Waals surface area contributed by atoms with Crippen LogP contribution in [0.1, 0.15) is 0 Å². The van der Waals surface area contributed by atoms with E-state index in [0.29, 0.717) is 18.5 Å². The summed E-state index contributed by atoms with van der Waals surface area (Å²) in [6.45, 7) is 2.58. The zero-order valence-corrected chi connectivity index (χ0v) is 15.9. The van der Waals surface area contributed by atoms with Crippen LogP contribution in [0, 0.1) is 0 Å². The molecule has 2 aromatic rings. The average molecular weight is 379 g/mol. The van der Waals surface area contributed by atoms with Crippen molar-refractivity contribution >= 4 is 26.8 Å². The molecule has 2 heterocycles. The Bertz CT molecular complexity index is 900. The molecule has 0 unspecified atom stereocenters. The molecule has 1 aromatic heterocycles. The van der Waals surface area contributed by atoms with Gasteiger partial charge in [0.15, 0.2) is 0 Å². The maximum atomic E-state index is 12.9. The number of hydrogen-bond donors (Lipinski definition) is 2. The van der Waals surface area contributed by atoms with E-state index in [1.54, 1.807) is 29.3 Å². The first-order valence-electron chi connectivity index (χ1n) is 8.57. The average Bonchev–Trinajstić information content (AvgIpc) is 3.01. The van der Waals surface area contributed by atoms with Crippen molar-refractivity contribution in [1.29, 1.82) is 0 Å². The van der Waals surface area contributed by atoms with Crippen LogP contribution >= 0.6 is 0 Å². The summed E-state index contributed by atoms with van der Waals surface area (Å²) >= 11 is 0. The van der Waals surface area contributed by atoms with Crippen LogP contribution < -0.4 is 10.5 Å². The van der Waals surface area contributed by atoms with E-state index in [-0.39, 0.29) is 17.3 Å². The number of rotatable bonds is 5. The van der Waals surface area contributed by atoms with E-state index >= 15 is 0 Å². The summed E-state index contributed by atoms with van der Waals surface area (Å²) in [5, 5.41) is 0.616. The van der Waals surface area contributed by atoms with E-state index in [4.69, 9.17) is 5.73 Å². The lowest BCUT2D eigenvalue weighted by Crippen LogP contribution is -2.56. The van der Waals surface area contributed by atoms with Crippen molar-refractivity contribution in [2.24, 2.45) is 12.8 Å². The fourth-order valence-corrected chi connectivity index (χ4v) is 4.62. The first-order chi connectivity index (χ1) is 12.3. The van der Waals surface area contributed by atoms with Gasteiger partial charge < -0.3 is 20.1 Å². The summed E-state index contributed by atoms with van der Waals surface area (Å²) in [5.74, 6) is -0.274. The van der Waals surface area contributed by atoms with Gasteiger partial charge in [-0.05, 0) is 25.2 Å². The highest BCUT2D eigenvalue weighted by atomic mass is 32.2. The van der Waals surface area contributed by atoms with E-state index in [1.165, 1.54) is 0 Å². The van der Waals surface area contributed by atoms with Crippen LogP contribution in [0.25, 0.3) is 10.9 Å². The molecule has 1 atom stereocenters. The number of nitrogens with two attached hydrogens (primary N) is 1. The highest BCUT2D eigenvalue weighted by molar-refractivity contribution is 7.89. The van der Waals surface area contributed by atoms with Crippen LogP contribution in [0.4, 0.5) is 0 Å². The molecular weight excluding hydrogens is 354 g/mol. The molecule has 1 saturated heterocycles. The number of fused-ring (bicyclic) bond motifs is 1. The number of aryl methyl sites for hydroxylation is 1. The second-order valence-electron chi connectivity index (χ2n) is 6.65. The molecule has 3 N–H and O–H groups in total. The number of nitrogens with one attached hydrogen (secondary N) is 1. The second-order valence-corrected chi connectivity index (χ2v) is 8.34. The quantitative estimate of drug-likeness (QED) is 0.733. The molecule has 3 rings (SSSR count). The number of benzene rings is 1. The largest absolute Gasteiger partial charge is 0.351 e.